The van der Waals surface area contributed by atoms with Crippen LogP contribution in [0.25, 0.3) is 0 Å². The van der Waals surface area contributed by atoms with E-state index in [2.05, 4.69) is 19.2 Å². The second kappa shape index (κ2) is 8.02. The third-order valence-electron chi connectivity index (χ3n) is 1.81. The number of rotatable bonds is 5. The summed E-state index contributed by atoms with van der Waals surface area (Å²) in [5.74, 6) is 0.634. The average molecular weight is 285 g/mol. The third kappa shape index (κ3) is 5.80. The molecule has 0 radical (unpaired) electrons. The summed E-state index contributed by atoms with van der Waals surface area (Å²) in [7, 11) is 0. The largest absolute Gasteiger partial charge is 0.491 e. The molecule has 1 aromatic carbocycles. The molecule has 5 heteroatoms. The van der Waals surface area contributed by atoms with Crippen molar-refractivity contribution >= 4 is 35.6 Å². The highest BCUT2D eigenvalue weighted by Crippen LogP contribution is 2.27. The zero-order valence-corrected chi connectivity index (χ0v) is 11.6. The number of hydrogen-bond acceptors (Lipinski definition) is 2. The average Bonchev–Trinajstić information content (AvgIpc) is 2.17. The Bertz CT molecular complexity index is 318. The monoisotopic (exact) mass is 283 g/mol. The van der Waals surface area contributed by atoms with E-state index in [1.165, 1.54) is 0 Å². The molecule has 0 heterocycles. The Kier molecular flexibility index (Phi) is 7.94. The van der Waals surface area contributed by atoms with Gasteiger partial charge in [-0.2, -0.15) is 0 Å². The van der Waals surface area contributed by atoms with Gasteiger partial charge in [0, 0.05) is 23.7 Å². The molecule has 0 saturated heterocycles. The molecule has 0 fully saturated rings. The Labute approximate surface area is 113 Å². The van der Waals surface area contributed by atoms with Crippen LogP contribution in [-0.2, 0) is 0 Å². The molecule has 1 aromatic rings. The summed E-state index contributed by atoms with van der Waals surface area (Å²) in [5.41, 5.74) is 0. The van der Waals surface area contributed by atoms with Crippen LogP contribution in [-0.4, -0.2) is 19.2 Å². The summed E-state index contributed by atoms with van der Waals surface area (Å²) in [6, 6.07) is 5.65. The maximum absolute atomic E-state index is 5.93. The minimum atomic E-state index is 0. The second-order valence-corrected chi connectivity index (χ2v) is 4.38. The number of ether oxygens (including phenoxy) is 1. The Morgan fingerprint density at radius 3 is 2.62 bits per heavy atom. The summed E-state index contributed by atoms with van der Waals surface area (Å²) in [6.45, 7) is 5.55. The van der Waals surface area contributed by atoms with E-state index in [0.29, 0.717) is 28.4 Å². The molecule has 1 N–H and O–H groups in total. The molecule has 0 unspecified atom stereocenters. The van der Waals surface area contributed by atoms with Gasteiger partial charge in [-0.05, 0) is 12.1 Å². The van der Waals surface area contributed by atoms with Crippen LogP contribution in [0.5, 0.6) is 5.75 Å². The summed E-state index contributed by atoms with van der Waals surface area (Å²) in [4.78, 5) is 0. The number of halogens is 3. The van der Waals surface area contributed by atoms with Crippen molar-refractivity contribution in [3.05, 3.63) is 28.2 Å². The van der Waals surface area contributed by atoms with Gasteiger partial charge in [0.15, 0.2) is 0 Å². The topological polar surface area (TPSA) is 21.3 Å². The highest BCUT2D eigenvalue weighted by atomic mass is 35.5. The molecule has 92 valence electrons. The number of nitrogens with one attached hydrogen (secondary N) is 1. The fourth-order valence-corrected chi connectivity index (χ4v) is 1.43. The number of hydrogen-bond donors (Lipinski definition) is 1. The standard InChI is InChI=1S/C11H15Cl2NO.ClH/c1-8(2)14-5-6-15-11-7-9(12)3-4-10(11)13;/h3-4,7-8,14H,5-6H2,1-2H3;1H. The molecule has 2 nitrogen and oxygen atoms in total. The van der Waals surface area contributed by atoms with Gasteiger partial charge in [-0.3, -0.25) is 0 Å². The quantitative estimate of drug-likeness (QED) is 0.831. The lowest BCUT2D eigenvalue weighted by atomic mass is 10.3. The molecule has 0 aliphatic heterocycles. The Morgan fingerprint density at radius 1 is 1.31 bits per heavy atom. The van der Waals surface area contributed by atoms with Crippen molar-refractivity contribution in [2.24, 2.45) is 0 Å². The first kappa shape index (κ1) is 15.9. The lowest BCUT2D eigenvalue weighted by Gasteiger charge is -2.10. The van der Waals surface area contributed by atoms with Crippen LogP contribution in [0, 0.1) is 0 Å². The maximum atomic E-state index is 5.93. The van der Waals surface area contributed by atoms with Crippen LogP contribution < -0.4 is 10.1 Å². The van der Waals surface area contributed by atoms with Gasteiger partial charge in [-0.15, -0.1) is 12.4 Å². The maximum Gasteiger partial charge on any atom is 0.139 e. The minimum absolute atomic E-state index is 0. The highest BCUT2D eigenvalue weighted by Gasteiger charge is 2.02. The van der Waals surface area contributed by atoms with Crippen LogP contribution in [0.2, 0.25) is 10.0 Å². The van der Waals surface area contributed by atoms with Crippen LogP contribution >= 0.6 is 35.6 Å². The van der Waals surface area contributed by atoms with Gasteiger partial charge < -0.3 is 10.1 Å². The highest BCUT2D eigenvalue weighted by molar-refractivity contribution is 6.34. The van der Waals surface area contributed by atoms with Gasteiger partial charge >= 0.3 is 0 Å². The van der Waals surface area contributed by atoms with Crippen LogP contribution in [0.3, 0.4) is 0 Å². The predicted molar refractivity (Wildman–Crippen MR) is 72.3 cm³/mol. The van der Waals surface area contributed by atoms with Gasteiger partial charge in [-0.1, -0.05) is 37.0 Å². The Balaban J connectivity index is 0.00000225. The van der Waals surface area contributed by atoms with E-state index in [-0.39, 0.29) is 12.4 Å². The summed E-state index contributed by atoms with van der Waals surface area (Å²) < 4.78 is 5.49. The van der Waals surface area contributed by atoms with Crippen molar-refractivity contribution in [2.45, 2.75) is 19.9 Å². The molecule has 0 aliphatic carbocycles. The second-order valence-electron chi connectivity index (χ2n) is 3.53. The van der Waals surface area contributed by atoms with Gasteiger partial charge in [-0.25, -0.2) is 0 Å². The molecule has 0 aromatic heterocycles. The van der Waals surface area contributed by atoms with Crippen molar-refractivity contribution in [3.8, 4) is 5.75 Å². The van der Waals surface area contributed by atoms with E-state index in [4.69, 9.17) is 27.9 Å². The minimum Gasteiger partial charge on any atom is -0.491 e. The van der Waals surface area contributed by atoms with E-state index in [1.54, 1.807) is 18.2 Å². The normalized spacial score (nSPS) is 10.1. The first-order valence-electron chi connectivity index (χ1n) is 4.91. The van der Waals surface area contributed by atoms with Gasteiger partial charge in [0.05, 0.1) is 5.02 Å². The first-order chi connectivity index (χ1) is 7.09. The van der Waals surface area contributed by atoms with E-state index in [9.17, 15) is 0 Å². The molecular formula is C11H16Cl3NO. The Morgan fingerprint density at radius 2 is 2.00 bits per heavy atom. The van der Waals surface area contributed by atoms with Crippen molar-refractivity contribution in [2.75, 3.05) is 13.2 Å². The van der Waals surface area contributed by atoms with Gasteiger partial charge in [0.2, 0.25) is 0 Å². The summed E-state index contributed by atoms with van der Waals surface area (Å²) >= 11 is 11.8. The molecular weight excluding hydrogens is 268 g/mol. The van der Waals surface area contributed by atoms with Crippen molar-refractivity contribution in [3.63, 3.8) is 0 Å². The Hall–Kier alpha value is -0.150. The van der Waals surface area contributed by atoms with E-state index in [0.717, 1.165) is 6.54 Å². The fraction of sp³-hybridized carbons (Fsp3) is 0.455. The lowest BCUT2D eigenvalue weighted by molar-refractivity contribution is 0.309. The molecule has 0 saturated carbocycles. The summed E-state index contributed by atoms with van der Waals surface area (Å²) in [6.07, 6.45) is 0. The SMILES string of the molecule is CC(C)NCCOc1cc(Cl)ccc1Cl.Cl. The van der Waals surface area contributed by atoms with Gasteiger partial charge in [0.1, 0.15) is 12.4 Å². The summed E-state index contributed by atoms with van der Waals surface area (Å²) in [5, 5.41) is 4.47. The molecule has 0 aliphatic rings. The zero-order chi connectivity index (χ0) is 11.3. The van der Waals surface area contributed by atoms with Crippen molar-refractivity contribution in [1.29, 1.82) is 0 Å². The third-order valence-corrected chi connectivity index (χ3v) is 2.35. The molecule has 0 amide bonds. The van der Waals surface area contributed by atoms with Gasteiger partial charge in [0.25, 0.3) is 0 Å². The molecule has 0 spiro atoms. The first-order valence-corrected chi connectivity index (χ1v) is 5.66. The smallest absolute Gasteiger partial charge is 0.139 e. The van der Waals surface area contributed by atoms with E-state index in [1.807, 2.05) is 0 Å². The molecule has 0 bridgehead atoms. The lowest BCUT2D eigenvalue weighted by Crippen LogP contribution is -2.27. The predicted octanol–water partition coefficient (Wildman–Crippen LogP) is 3.79. The molecule has 16 heavy (non-hydrogen) atoms. The zero-order valence-electron chi connectivity index (χ0n) is 9.30. The van der Waals surface area contributed by atoms with Crippen LogP contribution in [0.1, 0.15) is 13.8 Å². The molecule has 0 atom stereocenters. The number of benzene rings is 1. The van der Waals surface area contributed by atoms with Crippen LogP contribution in [0.15, 0.2) is 18.2 Å². The molecule has 1 rings (SSSR count). The van der Waals surface area contributed by atoms with E-state index < -0.39 is 0 Å². The van der Waals surface area contributed by atoms with Crippen molar-refractivity contribution in [1.82, 2.24) is 5.32 Å². The van der Waals surface area contributed by atoms with Crippen molar-refractivity contribution < 1.29 is 4.74 Å². The fourth-order valence-electron chi connectivity index (χ4n) is 1.10. The van der Waals surface area contributed by atoms with E-state index >= 15 is 0 Å². The van der Waals surface area contributed by atoms with Crippen LogP contribution in [0.4, 0.5) is 0 Å².